The molecule has 0 radical (unpaired) electrons. The summed E-state index contributed by atoms with van der Waals surface area (Å²) >= 11 is 0. The van der Waals surface area contributed by atoms with Gasteiger partial charge in [-0.2, -0.15) is 23.4 Å². The smallest absolute Gasteiger partial charge is 0.346 e. The molecule has 152 valence electrons. The Kier molecular flexibility index (Phi) is 4.85. The lowest BCUT2D eigenvalue weighted by Gasteiger charge is -2.24. The van der Waals surface area contributed by atoms with Gasteiger partial charge < -0.3 is 5.32 Å². The van der Waals surface area contributed by atoms with Crippen molar-refractivity contribution < 1.29 is 18.0 Å². The van der Waals surface area contributed by atoms with E-state index in [1.807, 2.05) is 13.0 Å². The molecule has 1 N–H and O–H groups in total. The quantitative estimate of drug-likeness (QED) is 0.725. The number of aryl methyl sites for hydroxylation is 2. The Morgan fingerprint density at radius 3 is 2.83 bits per heavy atom. The van der Waals surface area contributed by atoms with Crippen LogP contribution in [-0.4, -0.2) is 30.5 Å². The SMILES string of the molecule is Cc1ccn(CC(=O)NC2CCCn3nc(-c4ccnc(C(F)(F)F)c4)cc32)n1. The minimum atomic E-state index is -4.52. The Balaban J connectivity index is 1.54. The third-order valence-electron chi connectivity index (χ3n) is 4.79. The Labute approximate surface area is 164 Å². The van der Waals surface area contributed by atoms with E-state index in [4.69, 9.17) is 0 Å². The first kappa shape index (κ1) is 19.2. The molecule has 3 aromatic heterocycles. The molecule has 0 bridgehead atoms. The first-order chi connectivity index (χ1) is 13.8. The maximum atomic E-state index is 13.0. The summed E-state index contributed by atoms with van der Waals surface area (Å²) in [5.74, 6) is -0.183. The fourth-order valence-electron chi connectivity index (χ4n) is 3.45. The van der Waals surface area contributed by atoms with Crippen LogP contribution in [0.25, 0.3) is 11.3 Å². The average Bonchev–Trinajstić information content (AvgIpc) is 3.28. The number of amides is 1. The zero-order valence-electron chi connectivity index (χ0n) is 15.6. The fourth-order valence-corrected chi connectivity index (χ4v) is 3.45. The van der Waals surface area contributed by atoms with Gasteiger partial charge in [-0.25, -0.2) is 0 Å². The van der Waals surface area contributed by atoms with Gasteiger partial charge in [-0.05, 0) is 44.0 Å². The summed E-state index contributed by atoms with van der Waals surface area (Å²) in [5.41, 5.74) is 1.42. The van der Waals surface area contributed by atoms with Gasteiger partial charge in [0.1, 0.15) is 12.2 Å². The summed E-state index contributed by atoms with van der Waals surface area (Å²) in [4.78, 5) is 15.8. The maximum absolute atomic E-state index is 13.0. The third-order valence-corrected chi connectivity index (χ3v) is 4.79. The number of nitrogens with zero attached hydrogens (tertiary/aromatic N) is 5. The van der Waals surface area contributed by atoms with E-state index in [0.717, 1.165) is 36.5 Å². The average molecular weight is 404 g/mol. The summed E-state index contributed by atoms with van der Waals surface area (Å²) in [6, 6.07) is 5.79. The van der Waals surface area contributed by atoms with Crippen LogP contribution in [-0.2, 0) is 24.1 Å². The van der Waals surface area contributed by atoms with E-state index in [9.17, 15) is 18.0 Å². The van der Waals surface area contributed by atoms with Crippen molar-refractivity contribution in [1.29, 1.82) is 0 Å². The minimum Gasteiger partial charge on any atom is -0.346 e. The van der Waals surface area contributed by atoms with Crippen LogP contribution < -0.4 is 5.32 Å². The molecule has 10 heteroatoms. The van der Waals surface area contributed by atoms with Gasteiger partial charge >= 0.3 is 6.18 Å². The van der Waals surface area contributed by atoms with Crippen LogP contribution in [0.2, 0.25) is 0 Å². The standard InChI is InChI=1S/C19H19F3N6O/c1-12-5-8-27(25-12)11-18(29)24-14-3-2-7-28-16(14)10-15(26-28)13-4-6-23-17(9-13)19(20,21)22/h4-6,8-10,14H,2-3,7,11H2,1H3,(H,24,29). The molecule has 0 aliphatic carbocycles. The second kappa shape index (κ2) is 7.34. The molecule has 29 heavy (non-hydrogen) atoms. The molecule has 4 heterocycles. The predicted octanol–water partition coefficient (Wildman–Crippen LogP) is 3.12. The van der Waals surface area contributed by atoms with Gasteiger partial charge in [-0.3, -0.25) is 19.1 Å². The highest BCUT2D eigenvalue weighted by atomic mass is 19.4. The molecular formula is C19H19F3N6O. The highest BCUT2D eigenvalue weighted by Crippen LogP contribution is 2.32. The number of alkyl halides is 3. The van der Waals surface area contributed by atoms with Crippen LogP contribution in [0.5, 0.6) is 0 Å². The van der Waals surface area contributed by atoms with Crippen molar-refractivity contribution in [3.8, 4) is 11.3 Å². The number of fused-ring (bicyclic) bond motifs is 1. The van der Waals surface area contributed by atoms with Gasteiger partial charge in [-0.1, -0.05) is 0 Å². The molecule has 1 unspecified atom stereocenters. The first-order valence-electron chi connectivity index (χ1n) is 9.20. The predicted molar refractivity (Wildman–Crippen MR) is 97.5 cm³/mol. The zero-order chi connectivity index (χ0) is 20.6. The van der Waals surface area contributed by atoms with Crippen LogP contribution in [0.4, 0.5) is 13.2 Å². The van der Waals surface area contributed by atoms with Gasteiger partial charge in [0, 0.05) is 24.5 Å². The molecule has 1 amide bonds. The molecule has 1 aliphatic heterocycles. The Bertz CT molecular complexity index is 1040. The van der Waals surface area contributed by atoms with Crippen LogP contribution in [0.3, 0.4) is 0 Å². The van der Waals surface area contributed by atoms with Crippen LogP contribution in [0.1, 0.15) is 36.0 Å². The lowest BCUT2D eigenvalue weighted by Crippen LogP contribution is -2.34. The number of carbonyl (C=O) groups excluding carboxylic acids is 1. The fraction of sp³-hybridized carbons (Fsp3) is 0.368. The Morgan fingerprint density at radius 1 is 1.28 bits per heavy atom. The van der Waals surface area contributed by atoms with E-state index in [-0.39, 0.29) is 18.5 Å². The molecule has 1 atom stereocenters. The lowest BCUT2D eigenvalue weighted by atomic mass is 10.0. The molecule has 0 spiro atoms. The molecule has 7 nitrogen and oxygen atoms in total. The molecule has 0 aromatic carbocycles. The van der Waals surface area contributed by atoms with Crippen molar-refractivity contribution in [2.45, 2.75) is 45.1 Å². The Morgan fingerprint density at radius 2 is 2.10 bits per heavy atom. The van der Waals surface area contributed by atoms with Crippen molar-refractivity contribution >= 4 is 5.91 Å². The van der Waals surface area contributed by atoms with E-state index in [1.165, 1.54) is 6.07 Å². The number of carbonyl (C=O) groups is 1. The number of pyridine rings is 1. The highest BCUT2D eigenvalue weighted by Gasteiger charge is 2.33. The van der Waals surface area contributed by atoms with E-state index in [1.54, 1.807) is 21.6 Å². The topological polar surface area (TPSA) is 77.6 Å². The summed E-state index contributed by atoms with van der Waals surface area (Å²) in [7, 11) is 0. The van der Waals surface area contributed by atoms with Crippen molar-refractivity contribution in [3.05, 3.63) is 53.7 Å². The van der Waals surface area contributed by atoms with Gasteiger partial charge in [0.25, 0.3) is 0 Å². The Hall–Kier alpha value is -3.17. The number of halogens is 3. The van der Waals surface area contributed by atoms with Crippen molar-refractivity contribution in [1.82, 2.24) is 29.9 Å². The van der Waals surface area contributed by atoms with Crippen LogP contribution >= 0.6 is 0 Å². The van der Waals surface area contributed by atoms with Crippen LogP contribution in [0.15, 0.2) is 36.7 Å². The van der Waals surface area contributed by atoms with Crippen molar-refractivity contribution in [3.63, 3.8) is 0 Å². The normalized spacial score (nSPS) is 16.5. The zero-order valence-corrected chi connectivity index (χ0v) is 15.6. The number of hydrogen-bond donors (Lipinski definition) is 1. The molecule has 1 aliphatic rings. The first-order valence-corrected chi connectivity index (χ1v) is 9.20. The molecule has 0 saturated carbocycles. The second-order valence-electron chi connectivity index (χ2n) is 7.02. The van der Waals surface area contributed by atoms with E-state index >= 15 is 0 Å². The number of hydrogen-bond acceptors (Lipinski definition) is 4. The van der Waals surface area contributed by atoms with E-state index in [2.05, 4.69) is 20.5 Å². The third kappa shape index (κ3) is 4.15. The molecular weight excluding hydrogens is 385 g/mol. The van der Waals surface area contributed by atoms with Gasteiger partial charge in [0.2, 0.25) is 5.91 Å². The highest BCUT2D eigenvalue weighted by molar-refractivity contribution is 5.76. The van der Waals surface area contributed by atoms with E-state index < -0.39 is 11.9 Å². The van der Waals surface area contributed by atoms with Crippen LogP contribution in [0, 0.1) is 6.92 Å². The molecule has 4 rings (SSSR count). The van der Waals surface area contributed by atoms with Crippen molar-refractivity contribution in [2.24, 2.45) is 0 Å². The summed E-state index contributed by atoms with van der Waals surface area (Å²) in [6.07, 6.45) is -0.110. The lowest BCUT2D eigenvalue weighted by molar-refractivity contribution is -0.141. The monoisotopic (exact) mass is 404 g/mol. The van der Waals surface area contributed by atoms with Gasteiger partial charge in [-0.15, -0.1) is 0 Å². The molecule has 3 aromatic rings. The molecule has 0 fully saturated rings. The largest absolute Gasteiger partial charge is 0.433 e. The van der Waals surface area contributed by atoms with E-state index in [0.29, 0.717) is 17.8 Å². The number of nitrogens with one attached hydrogen (secondary N) is 1. The number of rotatable bonds is 4. The van der Waals surface area contributed by atoms with Gasteiger partial charge in [0.05, 0.1) is 23.1 Å². The summed E-state index contributed by atoms with van der Waals surface area (Å²) in [5, 5.41) is 11.6. The summed E-state index contributed by atoms with van der Waals surface area (Å²) < 4.78 is 42.2. The van der Waals surface area contributed by atoms with Crippen molar-refractivity contribution in [2.75, 3.05) is 0 Å². The summed E-state index contributed by atoms with van der Waals surface area (Å²) in [6.45, 7) is 2.60. The number of aromatic nitrogens is 5. The molecule has 0 saturated heterocycles. The minimum absolute atomic E-state index is 0.102. The maximum Gasteiger partial charge on any atom is 0.433 e. The van der Waals surface area contributed by atoms with Gasteiger partial charge in [0.15, 0.2) is 0 Å². The second-order valence-corrected chi connectivity index (χ2v) is 7.02.